The first-order valence-electron chi connectivity index (χ1n) is 5.42. The van der Waals surface area contributed by atoms with Crippen molar-refractivity contribution in [2.24, 2.45) is 0 Å². The van der Waals surface area contributed by atoms with E-state index in [4.69, 9.17) is 0 Å². The molecule has 6 nitrogen and oxygen atoms in total. The number of hydrogen-bond donors (Lipinski definition) is 2. The molecule has 0 unspecified atom stereocenters. The molecule has 1 amide bonds. The van der Waals surface area contributed by atoms with Crippen molar-refractivity contribution in [1.82, 2.24) is 20.2 Å². The van der Waals surface area contributed by atoms with Crippen LogP contribution in [0.4, 0.5) is 5.95 Å². The van der Waals surface area contributed by atoms with E-state index in [2.05, 4.69) is 25.5 Å². The fraction of sp³-hybridized carbons (Fsp3) is 0.0909. The van der Waals surface area contributed by atoms with Crippen LogP contribution in [0.3, 0.4) is 0 Å². The number of aromatic amines is 1. The molecule has 0 atom stereocenters. The van der Waals surface area contributed by atoms with Gasteiger partial charge in [-0.05, 0) is 18.4 Å². The Kier molecular flexibility index (Phi) is 3.10. The maximum absolute atomic E-state index is 11.9. The summed E-state index contributed by atoms with van der Waals surface area (Å²) in [6.45, 7) is 1.76. The Hall–Kier alpha value is -2.06. The number of aromatic nitrogens is 4. The van der Waals surface area contributed by atoms with Gasteiger partial charge in [-0.3, -0.25) is 15.2 Å². The maximum Gasteiger partial charge on any atom is 0.277 e. The van der Waals surface area contributed by atoms with Crippen LogP contribution in [0.1, 0.15) is 16.3 Å². The predicted molar refractivity (Wildman–Crippen MR) is 74.5 cm³/mol. The zero-order chi connectivity index (χ0) is 13.2. The third kappa shape index (κ3) is 2.54. The van der Waals surface area contributed by atoms with Gasteiger partial charge in [-0.15, -0.1) is 27.8 Å². The third-order valence-electron chi connectivity index (χ3n) is 2.29. The smallest absolute Gasteiger partial charge is 0.277 e. The van der Waals surface area contributed by atoms with Gasteiger partial charge in [0.1, 0.15) is 16.5 Å². The zero-order valence-electron chi connectivity index (χ0n) is 9.88. The summed E-state index contributed by atoms with van der Waals surface area (Å²) in [6, 6.07) is 3.93. The van der Waals surface area contributed by atoms with Crippen LogP contribution in [0.2, 0.25) is 0 Å². The van der Waals surface area contributed by atoms with E-state index in [1.54, 1.807) is 23.6 Å². The number of carbonyl (C=O) groups is 1. The van der Waals surface area contributed by atoms with E-state index < -0.39 is 0 Å². The van der Waals surface area contributed by atoms with Crippen molar-refractivity contribution in [2.75, 3.05) is 5.32 Å². The minimum Gasteiger partial charge on any atom is -0.288 e. The maximum atomic E-state index is 11.9. The average molecular weight is 291 g/mol. The molecule has 0 radical (unpaired) electrons. The first-order valence-corrected chi connectivity index (χ1v) is 7.18. The second kappa shape index (κ2) is 4.90. The topological polar surface area (TPSA) is 83.6 Å². The monoisotopic (exact) mass is 291 g/mol. The molecule has 3 rings (SSSR count). The molecule has 0 saturated heterocycles. The van der Waals surface area contributed by atoms with Crippen molar-refractivity contribution in [1.29, 1.82) is 0 Å². The molecule has 3 aromatic rings. The van der Waals surface area contributed by atoms with E-state index in [0.29, 0.717) is 11.5 Å². The standard InChI is InChI=1S/C11H9N5OS2/c1-6-12-11(16-15-6)14-9(17)7-5-19-10(13-7)8-3-2-4-18-8/h2-5H,1H3,(H2,12,14,15,16,17). The predicted octanol–water partition coefficient (Wildman–Crippen LogP) is 2.55. The molecule has 0 spiro atoms. The Morgan fingerprint density at radius 2 is 2.26 bits per heavy atom. The highest BCUT2D eigenvalue weighted by molar-refractivity contribution is 7.20. The number of anilines is 1. The van der Waals surface area contributed by atoms with E-state index in [1.807, 2.05) is 17.5 Å². The van der Waals surface area contributed by atoms with Crippen LogP contribution >= 0.6 is 22.7 Å². The summed E-state index contributed by atoms with van der Waals surface area (Å²) in [5.74, 6) is 0.596. The molecule has 19 heavy (non-hydrogen) atoms. The molecular formula is C11H9N5OS2. The van der Waals surface area contributed by atoms with E-state index in [0.717, 1.165) is 9.88 Å². The summed E-state index contributed by atoms with van der Waals surface area (Å²) < 4.78 is 0. The molecule has 0 aromatic carbocycles. The molecule has 0 saturated carbocycles. The molecule has 0 bridgehead atoms. The zero-order valence-corrected chi connectivity index (χ0v) is 11.5. The summed E-state index contributed by atoms with van der Waals surface area (Å²) in [6.07, 6.45) is 0. The van der Waals surface area contributed by atoms with Gasteiger partial charge in [-0.1, -0.05) is 6.07 Å². The SMILES string of the molecule is Cc1nc(NC(=O)c2csc(-c3cccs3)n2)n[nH]1. The van der Waals surface area contributed by atoms with E-state index in [-0.39, 0.29) is 11.9 Å². The number of carbonyl (C=O) groups excluding carboxylic acids is 1. The lowest BCUT2D eigenvalue weighted by molar-refractivity contribution is 0.102. The molecule has 0 aliphatic heterocycles. The average Bonchev–Trinajstić information content (AvgIpc) is 3.08. The summed E-state index contributed by atoms with van der Waals surface area (Å²) in [5.41, 5.74) is 0.371. The van der Waals surface area contributed by atoms with Gasteiger partial charge in [0.05, 0.1) is 4.88 Å². The molecular weight excluding hydrogens is 282 g/mol. The van der Waals surface area contributed by atoms with Crippen molar-refractivity contribution in [3.05, 3.63) is 34.4 Å². The normalized spacial score (nSPS) is 10.6. The Morgan fingerprint density at radius 1 is 1.37 bits per heavy atom. The highest BCUT2D eigenvalue weighted by atomic mass is 32.1. The van der Waals surface area contributed by atoms with Crippen LogP contribution in [0, 0.1) is 6.92 Å². The molecule has 96 valence electrons. The lowest BCUT2D eigenvalue weighted by Crippen LogP contribution is -2.13. The Morgan fingerprint density at radius 3 is 2.95 bits per heavy atom. The van der Waals surface area contributed by atoms with Crippen molar-refractivity contribution < 1.29 is 4.79 Å². The number of thiophene rings is 1. The van der Waals surface area contributed by atoms with Crippen LogP contribution in [0.15, 0.2) is 22.9 Å². The number of nitrogens with one attached hydrogen (secondary N) is 2. The molecule has 0 aliphatic carbocycles. The van der Waals surface area contributed by atoms with Crippen LogP contribution in [-0.4, -0.2) is 26.1 Å². The number of nitrogens with zero attached hydrogens (tertiary/aromatic N) is 3. The minimum atomic E-state index is -0.307. The van der Waals surface area contributed by atoms with Crippen LogP contribution in [0.5, 0.6) is 0 Å². The second-order valence-electron chi connectivity index (χ2n) is 3.71. The van der Waals surface area contributed by atoms with Crippen molar-refractivity contribution in [2.45, 2.75) is 6.92 Å². The van der Waals surface area contributed by atoms with Gasteiger partial charge in [0.2, 0.25) is 5.95 Å². The Bertz CT molecular complexity index is 700. The number of rotatable bonds is 3. The number of aryl methyl sites for hydroxylation is 1. The lowest BCUT2D eigenvalue weighted by atomic mass is 10.4. The number of H-pyrrole nitrogens is 1. The van der Waals surface area contributed by atoms with Gasteiger partial charge >= 0.3 is 0 Å². The van der Waals surface area contributed by atoms with Gasteiger partial charge in [0.15, 0.2) is 0 Å². The quantitative estimate of drug-likeness (QED) is 0.776. The highest BCUT2D eigenvalue weighted by Crippen LogP contribution is 2.27. The highest BCUT2D eigenvalue weighted by Gasteiger charge is 2.14. The first-order chi connectivity index (χ1) is 9.22. The Labute approximate surface area is 116 Å². The van der Waals surface area contributed by atoms with Gasteiger partial charge in [0, 0.05) is 5.38 Å². The largest absolute Gasteiger partial charge is 0.288 e. The summed E-state index contributed by atoms with van der Waals surface area (Å²) in [5, 5.41) is 13.6. The van der Waals surface area contributed by atoms with Gasteiger partial charge in [-0.25, -0.2) is 4.98 Å². The third-order valence-corrected chi connectivity index (χ3v) is 4.17. The number of amides is 1. The van der Waals surface area contributed by atoms with E-state index >= 15 is 0 Å². The van der Waals surface area contributed by atoms with Gasteiger partial charge in [0.25, 0.3) is 5.91 Å². The van der Waals surface area contributed by atoms with E-state index in [9.17, 15) is 4.79 Å². The van der Waals surface area contributed by atoms with Crippen molar-refractivity contribution >= 4 is 34.5 Å². The van der Waals surface area contributed by atoms with E-state index in [1.165, 1.54) is 11.3 Å². The minimum absolute atomic E-state index is 0.258. The first kappa shape index (κ1) is 12.0. The molecule has 0 aliphatic rings. The lowest BCUT2D eigenvalue weighted by Gasteiger charge is -1.95. The molecule has 3 heterocycles. The molecule has 0 fully saturated rings. The van der Waals surface area contributed by atoms with Crippen LogP contribution in [0.25, 0.3) is 9.88 Å². The summed E-state index contributed by atoms with van der Waals surface area (Å²) >= 11 is 3.04. The molecule has 8 heteroatoms. The van der Waals surface area contributed by atoms with Crippen molar-refractivity contribution in [3.63, 3.8) is 0 Å². The molecule has 2 N–H and O–H groups in total. The van der Waals surface area contributed by atoms with Crippen molar-refractivity contribution in [3.8, 4) is 9.88 Å². The molecule has 3 aromatic heterocycles. The van der Waals surface area contributed by atoms with Crippen LogP contribution in [-0.2, 0) is 0 Å². The summed E-state index contributed by atoms with van der Waals surface area (Å²) in [4.78, 5) is 21.3. The number of hydrogen-bond acceptors (Lipinski definition) is 6. The van der Waals surface area contributed by atoms with Gasteiger partial charge < -0.3 is 0 Å². The fourth-order valence-electron chi connectivity index (χ4n) is 1.46. The van der Waals surface area contributed by atoms with Crippen LogP contribution < -0.4 is 5.32 Å². The fourth-order valence-corrected chi connectivity index (χ4v) is 3.07. The number of thiazole rings is 1. The second-order valence-corrected chi connectivity index (χ2v) is 5.52. The summed E-state index contributed by atoms with van der Waals surface area (Å²) in [7, 11) is 0. The Balaban J connectivity index is 1.77. The van der Waals surface area contributed by atoms with Gasteiger partial charge in [-0.2, -0.15) is 4.98 Å².